The van der Waals surface area contributed by atoms with E-state index in [0.29, 0.717) is 5.75 Å². The van der Waals surface area contributed by atoms with Crippen molar-refractivity contribution in [1.82, 2.24) is 0 Å². The number of nitrogens with zero attached hydrogens (tertiary/aromatic N) is 1. The van der Waals surface area contributed by atoms with Gasteiger partial charge in [-0.3, -0.25) is 0 Å². The van der Waals surface area contributed by atoms with Crippen molar-refractivity contribution in [2.75, 3.05) is 6.61 Å². The highest BCUT2D eigenvalue weighted by molar-refractivity contribution is 6.07. The van der Waals surface area contributed by atoms with Crippen molar-refractivity contribution < 1.29 is 19.0 Å². The molecule has 25 heavy (non-hydrogen) atoms. The summed E-state index contributed by atoms with van der Waals surface area (Å²) in [7, 11) is 0. The summed E-state index contributed by atoms with van der Waals surface area (Å²) in [5, 5.41) is 0. The average molecular weight is 337 g/mol. The molecule has 0 aliphatic carbocycles. The largest absolute Gasteiger partial charge is 0.491 e. The van der Waals surface area contributed by atoms with Crippen LogP contribution in [0.2, 0.25) is 0 Å². The molecule has 128 valence electrons. The quantitative estimate of drug-likeness (QED) is 0.593. The molecule has 2 aromatic rings. The third kappa shape index (κ3) is 4.70. The SMILES string of the molecule is CC(C)Oc1ccc(/C=C2/N=C(COc3ccccc3)OC2=O)cc1. The highest BCUT2D eigenvalue weighted by atomic mass is 16.6. The number of para-hydroxylation sites is 1. The summed E-state index contributed by atoms with van der Waals surface area (Å²) in [6, 6.07) is 16.7. The molecule has 1 heterocycles. The van der Waals surface area contributed by atoms with Gasteiger partial charge in [-0.05, 0) is 49.8 Å². The Morgan fingerprint density at radius 3 is 2.44 bits per heavy atom. The Bertz CT molecular complexity index is 792. The van der Waals surface area contributed by atoms with E-state index in [0.717, 1.165) is 11.3 Å². The Balaban J connectivity index is 1.66. The molecule has 2 aromatic carbocycles. The third-order valence-electron chi connectivity index (χ3n) is 3.33. The minimum Gasteiger partial charge on any atom is -0.491 e. The smallest absolute Gasteiger partial charge is 0.363 e. The first-order chi connectivity index (χ1) is 12.1. The lowest BCUT2D eigenvalue weighted by Gasteiger charge is -2.09. The Kier molecular flexibility index (Phi) is 5.14. The van der Waals surface area contributed by atoms with Gasteiger partial charge in [0.05, 0.1) is 6.10 Å². The summed E-state index contributed by atoms with van der Waals surface area (Å²) < 4.78 is 16.3. The maximum absolute atomic E-state index is 11.9. The van der Waals surface area contributed by atoms with Crippen LogP contribution in [0.3, 0.4) is 0 Å². The van der Waals surface area contributed by atoms with Crippen molar-refractivity contribution in [2.45, 2.75) is 20.0 Å². The minimum atomic E-state index is -0.478. The van der Waals surface area contributed by atoms with Crippen molar-refractivity contribution in [2.24, 2.45) is 4.99 Å². The fourth-order valence-electron chi connectivity index (χ4n) is 2.25. The highest BCUT2D eigenvalue weighted by Gasteiger charge is 2.23. The molecular formula is C20H19NO4. The van der Waals surface area contributed by atoms with Gasteiger partial charge in [0.15, 0.2) is 12.3 Å². The first-order valence-corrected chi connectivity index (χ1v) is 8.06. The summed E-state index contributed by atoms with van der Waals surface area (Å²) in [6.07, 6.45) is 1.79. The van der Waals surface area contributed by atoms with Gasteiger partial charge in [-0.1, -0.05) is 30.3 Å². The summed E-state index contributed by atoms with van der Waals surface area (Å²) in [5.74, 6) is 1.25. The van der Waals surface area contributed by atoms with Crippen molar-refractivity contribution in [3.05, 3.63) is 65.9 Å². The lowest BCUT2D eigenvalue weighted by atomic mass is 10.2. The molecule has 0 saturated heterocycles. The van der Waals surface area contributed by atoms with Crippen LogP contribution in [0.15, 0.2) is 65.3 Å². The molecule has 0 aromatic heterocycles. The first kappa shape index (κ1) is 16.8. The average Bonchev–Trinajstić information content (AvgIpc) is 2.95. The monoisotopic (exact) mass is 337 g/mol. The molecule has 1 aliphatic rings. The molecule has 0 bridgehead atoms. The van der Waals surface area contributed by atoms with Gasteiger partial charge >= 0.3 is 5.97 Å². The van der Waals surface area contributed by atoms with Gasteiger partial charge in [0.2, 0.25) is 5.90 Å². The van der Waals surface area contributed by atoms with E-state index < -0.39 is 5.97 Å². The molecule has 3 rings (SSSR count). The second-order valence-electron chi connectivity index (χ2n) is 5.76. The number of carbonyl (C=O) groups is 1. The van der Waals surface area contributed by atoms with E-state index in [-0.39, 0.29) is 24.3 Å². The van der Waals surface area contributed by atoms with Crippen molar-refractivity contribution in [3.63, 3.8) is 0 Å². The van der Waals surface area contributed by atoms with Crippen LogP contribution in [0, 0.1) is 0 Å². The Hall–Kier alpha value is -3.08. The van der Waals surface area contributed by atoms with Gasteiger partial charge in [-0.2, -0.15) is 0 Å². The Morgan fingerprint density at radius 2 is 1.76 bits per heavy atom. The molecule has 5 heteroatoms. The molecule has 0 spiro atoms. The predicted molar refractivity (Wildman–Crippen MR) is 95.6 cm³/mol. The van der Waals surface area contributed by atoms with E-state index in [9.17, 15) is 4.79 Å². The first-order valence-electron chi connectivity index (χ1n) is 8.06. The van der Waals surface area contributed by atoms with Crippen molar-refractivity contribution in [3.8, 4) is 11.5 Å². The van der Waals surface area contributed by atoms with E-state index >= 15 is 0 Å². The number of hydrogen-bond acceptors (Lipinski definition) is 5. The van der Waals surface area contributed by atoms with E-state index in [1.165, 1.54) is 0 Å². The molecule has 0 fully saturated rings. The van der Waals surface area contributed by atoms with Crippen LogP contribution >= 0.6 is 0 Å². The van der Waals surface area contributed by atoms with Crippen molar-refractivity contribution in [1.29, 1.82) is 0 Å². The molecule has 0 N–H and O–H groups in total. The van der Waals surface area contributed by atoms with Crippen LogP contribution < -0.4 is 9.47 Å². The van der Waals surface area contributed by atoms with Crippen LogP contribution in [0.5, 0.6) is 11.5 Å². The predicted octanol–water partition coefficient (Wildman–Crippen LogP) is 3.85. The summed E-state index contributed by atoms with van der Waals surface area (Å²) in [5.41, 5.74) is 1.10. The fraction of sp³-hybridized carbons (Fsp3) is 0.200. The summed E-state index contributed by atoms with van der Waals surface area (Å²) in [4.78, 5) is 16.1. The fourth-order valence-corrected chi connectivity index (χ4v) is 2.25. The molecule has 0 atom stereocenters. The number of ether oxygens (including phenoxy) is 3. The van der Waals surface area contributed by atoms with E-state index in [4.69, 9.17) is 14.2 Å². The highest BCUT2D eigenvalue weighted by Crippen LogP contribution is 2.19. The molecule has 1 aliphatic heterocycles. The zero-order valence-corrected chi connectivity index (χ0v) is 14.1. The third-order valence-corrected chi connectivity index (χ3v) is 3.33. The lowest BCUT2D eigenvalue weighted by molar-refractivity contribution is -0.130. The van der Waals surface area contributed by atoms with E-state index in [2.05, 4.69) is 4.99 Å². The molecule has 0 amide bonds. The molecule has 0 saturated carbocycles. The van der Waals surface area contributed by atoms with Gasteiger partial charge in [-0.25, -0.2) is 9.79 Å². The van der Waals surface area contributed by atoms with Crippen LogP contribution in [-0.2, 0) is 9.53 Å². The van der Waals surface area contributed by atoms with Crippen LogP contribution in [0.1, 0.15) is 19.4 Å². The van der Waals surface area contributed by atoms with Crippen LogP contribution in [0.4, 0.5) is 0 Å². The number of benzene rings is 2. The molecule has 0 radical (unpaired) electrons. The standard InChI is InChI=1S/C20H19NO4/c1-14(2)24-17-10-8-15(9-11-17)12-18-20(22)25-19(21-18)13-23-16-6-4-3-5-7-16/h3-12,14H,13H2,1-2H3/b18-12+. The van der Waals surface area contributed by atoms with Gasteiger partial charge in [0, 0.05) is 0 Å². The number of esters is 1. The summed E-state index contributed by atoms with van der Waals surface area (Å²) >= 11 is 0. The van der Waals surface area contributed by atoms with Crippen molar-refractivity contribution >= 4 is 17.9 Å². The molecule has 5 nitrogen and oxygen atoms in total. The topological polar surface area (TPSA) is 57.1 Å². The molecular weight excluding hydrogens is 318 g/mol. The van der Waals surface area contributed by atoms with Gasteiger partial charge in [0.25, 0.3) is 0 Å². The number of rotatable bonds is 6. The van der Waals surface area contributed by atoms with Gasteiger partial charge in [-0.15, -0.1) is 0 Å². The second kappa shape index (κ2) is 7.66. The number of hydrogen-bond donors (Lipinski definition) is 0. The minimum absolute atomic E-state index is 0.105. The Morgan fingerprint density at radius 1 is 1.04 bits per heavy atom. The molecule has 0 unspecified atom stereocenters. The summed E-state index contributed by atoms with van der Waals surface area (Å²) in [6.45, 7) is 4.05. The van der Waals surface area contributed by atoms with Gasteiger partial charge < -0.3 is 14.2 Å². The lowest BCUT2D eigenvalue weighted by Crippen LogP contribution is -2.13. The Labute approximate surface area is 146 Å². The maximum atomic E-state index is 11.9. The zero-order chi connectivity index (χ0) is 17.6. The van der Waals surface area contributed by atoms with Crippen LogP contribution in [-0.4, -0.2) is 24.6 Å². The number of cyclic esters (lactones) is 1. The van der Waals surface area contributed by atoms with E-state index in [1.807, 2.05) is 68.4 Å². The maximum Gasteiger partial charge on any atom is 0.363 e. The van der Waals surface area contributed by atoms with Gasteiger partial charge in [0.1, 0.15) is 11.5 Å². The number of carbonyl (C=O) groups excluding carboxylic acids is 1. The number of aliphatic imine (C=N–C) groups is 1. The second-order valence-corrected chi connectivity index (χ2v) is 5.76. The normalized spacial score (nSPS) is 15.2. The van der Waals surface area contributed by atoms with Crippen LogP contribution in [0.25, 0.3) is 6.08 Å². The zero-order valence-electron chi connectivity index (χ0n) is 14.1. The van der Waals surface area contributed by atoms with E-state index in [1.54, 1.807) is 6.08 Å².